The van der Waals surface area contributed by atoms with E-state index in [9.17, 15) is 0 Å². The van der Waals surface area contributed by atoms with E-state index in [2.05, 4.69) is 22.4 Å². The highest BCUT2D eigenvalue weighted by Crippen LogP contribution is 2.14. The van der Waals surface area contributed by atoms with Gasteiger partial charge in [0.1, 0.15) is 0 Å². The van der Waals surface area contributed by atoms with Crippen molar-refractivity contribution < 1.29 is 9.26 Å². The summed E-state index contributed by atoms with van der Waals surface area (Å²) in [6, 6.07) is 0.0938. The third-order valence-corrected chi connectivity index (χ3v) is 3.21. The van der Waals surface area contributed by atoms with E-state index in [1.54, 1.807) is 0 Å². The van der Waals surface area contributed by atoms with Gasteiger partial charge in [0.05, 0.1) is 19.3 Å². The molecule has 0 bridgehead atoms. The van der Waals surface area contributed by atoms with E-state index >= 15 is 0 Å². The largest absolute Gasteiger partial charge is 0.378 e. The molecule has 1 fully saturated rings. The predicted octanol–water partition coefficient (Wildman–Crippen LogP) is 2.24. The Hall–Kier alpha value is -0.940. The summed E-state index contributed by atoms with van der Waals surface area (Å²) in [5, 5.41) is 7.35. The topological polar surface area (TPSA) is 60.2 Å². The first-order chi connectivity index (χ1) is 8.90. The molecule has 1 aromatic heterocycles. The lowest BCUT2D eigenvalue weighted by Crippen LogP contribution is -2.35. The van der Waals surface area contributed by atoms with Crippen molar-refractivity contribution >= 4 is 0 Å². The fourth-order valence-corrected chi connectivity index (χ4v) is 2.12. The number of rotatable bonds is 7. The molecule has 0 saturated carbocycles. The van der Waals surface area contributed by atoms with Crippen LogP contribution in [0.25, 0.3) is 0 Å². The van der Waals surface area contributed by atoms with Crippen molar-refractivity contribution in [3.63, 3.8) is 0 Å². The van der Waals surface area contributed by atoms with Crippen molar-refractivity contribution in [1.82, 2.24) is 15.5 Å². The van der Waals surface area contributed by atoms with Crippen molar-refractivity contribution in [1.29, 1.82) is 0 Å². The summed E-state index contributed by atoms with van der Waals surface area (Å²) in [5.74, 6) is 1.49. The summed E-state index contributed by atoms with van der Waals surface area (Å²) < 4.78 is 10.7. The molecular formula is C13H23N3O2. The molecule has 0 aliphatic carbocycles. The second kappa shape index (κ2) is 7.48. The van der Waals surface area contributed by atoms with Gasteiger partial charge in [0.25, 0.3) is 0 Å². The van der Waals surface area contributed by atoms with E-state index in [4.69, 9.17) is 9.26 Å². The molecule has 1 aromatic rings. The first-order valence-corrected chi connectivity index (χ1v) is 7.03. The van der Waals surface area contributed by atoms with Gasteiger partial charge in [-0.3, -0.25) is 0 Å². The van der Waals surface area contributed by atoms with Gasteiger partial charge in [0.2, 0.25) is 5.89 Å². The zero-order valence-corrected chi connectivity index (χ0v) is 11.2. The maximum absolute atomic E-state index is 5.39. The van der Waals surface area contributed by atoms with Gasteiger partial charge in [0.15, 0.2) is 5.82 Å². The fraction of sp³-hybridized carbons (Fsp3) is 0.846. The Morgan fingerprint density at radius 2 is 2.17 bits per heavy atom. The maximum atomic E-state index is 5.39. The number of morpholine rings is 1. The molecule has 1 unspecified atom stereocenters. The van der Waals surface area contributed by atoms with Crippen molar-refractivity contribution in [2.24, 2.45) is 0 Å². The smallest absolute Gasteiger partial charge is 0.226 e. The van der Waals surface area contributed by atoms with Crippen LogP contribution in [0.5, 0.6) is 0 Å². The molecule has 5 heteroatoms. The maximum Gasteiger partial charge on any atom is 0.226 e. The summed E-state index contributed by atoms with van der Waals surface area (Å²) >= 11 is 0. The molecule has 0 amide bonds. The van der Waals surface area contributed by atoms with Crippen LogP contribution in [0.15, 0.2) is 4.52 Å². The van der Waals surface area contributed by atoms with Crippen LogP contribution in [0.2, 0.25) is 0 Å². The number of nitrogens with zero attached hydrogens (tertiary/aromatic N) is 2. The highest BCUT2D eigenvalue weighted by atomic mass is 16.5. The van der Waals surface area contributed by atoms with Crippen LogP contribution in [0.4, 0.5) is 0 Å². The molecule has 1 aliphatic rings. The lowest BCUT2D eigenvalue weighted by atomic mass is 10.1. The van der Waals surface area contributed by atoms with Gasteiger partial charge < -0.3 is 14.6 Å². The number of ether oxygens (including phenoxy) is 1. The standard InChI is InChI=1S/C13H23N3O2/c1-2-3-4-5-6-7-12-15-13(16-18-12)11-10-17-9-8-14-11/h11,14H,2-10H2,1H3. The number of nitrogens with one attached hydrogen (secondary N) is 1. The molecule has 2 heterocycles. The molecule has 102 valence electrons. The molecule has 1 atom stereocenters. The van der Waals surface area contributed by atoms with Gasteiger partial charge in [-0.25, -0.2) is 0 Å². The lowest BCUT2D eigenvalue weighted by molar-refractivity contribution is 0.0734. The number of aromatic nitrogens is 2. The Morgan fingerprint density at radius 1 is 1.28 bits per heavy atom. The highest BCUT2D eigenvalue weighted by Gasteiger charge is 2.20. The van der Waals surface area contributed by atoms with Crippen LogP contribution < -0.4 is 5.32 Å². The first-order valence-electron chi connectivity index (χ1n) is 7.03. The monoisotopic (exact) mass is 253 g/mol. The van der Waals surface area contributed by atoms with Crippen LogP contribution in [0.1, 0.15) is 56.8 Å². The molecule has 0 radical (unpaired) electrons. The molecule has 1 aliphatic heterocycles. The van der Waals surface area contributed by atoms with Crippen molar-refractivity contribution in [2.45, 2.75) is 51.5 Å². The molecule has 0 aromatic carbocycles. The van der Waals surface area contributed by atoms with Crippen LogP contribution in [-0.4, -0.2) is 29.9 Å². The number of hydrogen-bond acceptors (Lipinski definition) is 5. The number of hydrogen-bond donors (Lipinski definition) is 1. The predicted molar refractivity (Wildman–Crippen MR) is 68.3 cm³/mol. The minimum atomic E-state index is 0.0938. The third-order valence-electron chi connectivity index (χ3n) is 3.21. The highest BCUT2D eigenvalue weighted by molar-refractivity contribution is 4.95. The zero-order valence-electron chi connectivity index (χ0n) is 11.2. The van der Waals surface area contributed by atoms with Gasteiger partial charge in [-0.05, 0) is 6.42 Å². The van der Waals surface area contributed by atoms with Crippen molar-refractivity contribution in [3.8, 4) is 0 Å². The van der Waals surface area contributed by atoms with Crippen LogP contribution in [0.3, 0.4) is 0 Å². The third kappa shape index (κ3) is 4.07. The van der Waals surface area contributed by atoms with E-state index in [-0.39, 0.29) is 6.04 Å². The SMILES string of the molecule is CCCCCCCc1nc(C2COCCN2)no1. The Kier molecular flexibility index (Phi) is 5.61. The minimum absolute atomic E-state index is 0.0938. The van der Waals surface area contributed by atoms with Gasteiger partial charge in [0, 0.05) is 13.0 Å². The quantitative estimate of drug-likeness (QED) is 0.755. The second-order valence-corrected chi connectivity index (χ2v) is 4.79. The summed E-state index contributed by atoms with van der Waals surface area (Å²) in [6.45, 7) is 4.48. The molecular weight excluding hydrogens is 230 g/mol. The Bertz CT molecular complexity index is 335. The fourth-order valence-electron chi connectivity index (χ4n) is 2.12. The minimum Gasteiger partial charge on any atom is -0.378 e. The lowest BCUT2D eigenvalue weighted by Gasteiger charge is -2.20. The average molecular weight is 253 g/mol. The van der Waals surface area contributed by atoms with Gasteiger partial charge in [-0.2, -0.15) is 4.98 Å². The summed E-state index contributed by atoms with van der Waals surface area (Å²) in [6.07, 6.45) is 7.17. The van der Waals surface area contributed by atoms with Crippen LogP contribution in [0, 0.1) is 0 Å². The van der Waals surface area contributed by atoms with E-state index in [0.717, 1.165) is 37.7 Å². The Labute approximate surface area is 108 Å². The summed E-state index contributed by atoms with van der Waals surface area (Å²) in [7, 11) is 0. The van der Waals surface area contributed by atoms with Gasteiger partial charge in [-0.15, -0.1) is 0 Å². The first kappa shape index (κ1) is 13.5. The van der Waals surface area contributed by atoms with Crippen molar-refractivity contribution in [2.75, 3.05) is 19.8 Å². The van der Waals surface area contributed by atoms with E-state index in [0.29, 0.717) is 6.61 Å². The zero-order chi connectivity index (χ0) is 12.6. The van der Waals surface area contributed by atoms with Gasteiger partial charge >= 0.3 is 0 Å². The molecule has 1 saturated heterocycles. The molecule has 0 spiro atoms. The van der Waals surface area contributed by atoms with Crippen LogP contribution in [-0.2, 0) is 11.2 Å². The average Bonchev–Trinajstić information content (AvgIpc) is 2.88. The van der Waals surface area contributed by atoms with E-state index in [1.165, 1.54) is 25.7 Å². The molecule has 1 N–H and O–H groups in total. The Balaban J connectivity index is 1.72. The molecule has 2 rings (SSSR count). The summed E-state index contributed by atoms with van der Waals surface area (Å²) in [4.78, 5) is 4.43. The summed E-state index contributed by atoms with van der Waals surface area (Å²) in [5.41, 5.74) is 0. The van der Waals surface area contributed by atoms with E-state index < -0.39 is 0 Å². The van der Waals surface area contributed by atoms with Gasteiger partial charge in [-0.1, -0.05) is 37.8 Å². The van der Waals surface area contributed by atoms with Crippen LogP contribution >= 0.6 is 0 Å². The van der Waals surface area contributed by atoms with E-state index in [1.807, 2.05) is 0 Å². The second-order valence-electron chi connectivity index (χ2n) is 4.79. The number of aryl methyl sites for hydroxylation is 1. The molecule has 18 heavy (non-hydrogen) atoms. The number of unbranched alkanes of at least 4 members (excludes halogenated alkanes) is 4. The van der Waals surface area contributed by atoms with Crippen molar-refractivity contribution in [3.05, 3.63) is 11.7 Å². The molecule has 5 nitrogen and oxygen atoms in total. The normalized spacial score (nSPS) is 20.2. The Morgan fingerprint density at radius 3 is 2.94 bits per heavy atom.